The van der Waals surface area contributed by atoms with Gasteiger partial charge in [0.05, 0.1) is 0 Å². The molecule has 4 heteroatoms. The maximum atomic E-state index is 11.2. The van der Waals surface area contributed by atoms with Crippen molar-refractivity contribution in [3.63, 3.8) is 0 Å². The minimum Gasteiger partial charge on any atom is -0.369 e. The molecule has 1 aliphatic heterocycles. The molecule has 4 nitrogen and oxygen atoms in total. The molecule has 0 unspecified atom stereocenters. The number of likely N-dealkylation sites (tertiary alicyclic amines) is 1. The van der Waals surface area contributed by atoms with E-state index in [0.717, 1.165) is 13.0 Å². The summed E-state index contributed by atoms with van der Waals surface area (Å²) in [5.74, 6) is -1.21. The first-order valence-corrected chi connectivity index (χ1v) is 3.67. The molecule has 2 amide bonds. The minimum atomic E-state index is -0.575. The Labute approximate surface area is 65.3 Å². The molecule has 0 aromatic heterocycles. The van der Waals surface area contributed by atoms with Gasteiger partial charge in [-0.25, -0.2) is 0 Å². The Morgan fingerprint density at radius 2 is 2.36 bits per heavy atom. The van der Waals surface area contributed by atoms with Crippen molar-refractivity contribution in [2.75, 3.05) is 13.6 Å². The lowest BCUT2D eigenvalue weighted by Gasteiger charge is -2.26. The number of hydrogen-bond donors (Lipinski definition) is 1. The Morgan fingerprint density at radius 1 is 1.73 bits per heavy atom. The van der Waals surface area contributed by atoms with E-state index in [2.05, 4.69) is 0 Å². The maximum Gasteiger partial charge on any atom is 0.234 e. The third-order valence-electron chi connectivity index (χ3n) is 2.00. The number of nitrogens with two attached hydrogens (primary N) is 1. The summed E-state index contributed by atoms with van der Waals surface area (Å²) in [4.78, 5) is 23.4. The molecule has 2 N–H and O–H groups in total. The third kappa shape index (κ3) is 1.50. The molecule has 0 bridgehead atoms. The lowest BCUT2D eigenvalue weighted by molar-refractivity contribution is -0.142. The van der Waals surface area contributed by atoms with Crippen LogP contribution in [0, 0.1) is 5.92 Å². The number of hydrogen-bond acceptors (Lipinski definition) is 2. The number of carbonyl (C=O) groups excluding carboxylic acids is 2. The van der Waals surface area contributed by atoms with Gasteiger partial charge in [0, 0.05) is 13.6 Å². The second-order valence-corrected chi connectivity index (χ2v) is 2.86. The fourth-order valence-corrected chi connectivity index (χ4v) is 1.30. The quantitative estimate of drug-likeness (QED) is 0.512. The molecule has 1 rings (SSSR count). The van der Waals surface area contributed by atoms with Crippen LogP contribution in [-0.2, 0) is 9.59 Å². The summed E-state index contributed by atoms with van der Waals surface area (Å²) in [6.07, 6.45) is 1.48. The van der Waals surface area contributed by atoms with Gasteiger partial charge in [-0.05, 0) is 12.8 Å². The van der Waals surface area contributed by atoms with Crippen molar-refractivity contribution >= 4 is 11.8 Å². The van der Waals surface area contributed by atoms with Gasteiger partial charge in [0.2, 0.25) is 11.8 Å². The molecule has 0 aromatic rings. The Morgan fingerprint density at radius 3 is 2.82 bits per heavy atom. The van der Waals surface area contributed by atoms with Gasteiger partial charge in [0.15, 0.2) is 0 Å². The maximum absolute atomic E-state index is 11.2. The molecular weight excluding hydrogens is 144 g/mol. The first kappa shape index (κ1) is 8.04. The molecule has 1 atom stereocenters. The summed E-state index contributed by atoms with van der Waals surface area (Å²) in [5, 5.41) is 0. The van der Waals surface area contributed by atoms with Crippen LogP contribution in [0.4, 0.5) is 0 Å². The van der Waals surface area contributed by atoms with Gasteiger partial charge in [-0.3, -0.25) is 9.59 Å². The number of primary amides is 1. The van der Waals surface area contributed by atoms with E-state index in [9.17, 15) is 9.59 Å². The van der Waals surface area contributed by atoms with Crippen LogP contribution in [0.25, 0.3) is 0 Å². The van der Waals surface area contributed by atoms with Crippen molar-refractivity contribution in [1.29, 1.82) is 0 Å². The molecule has 62 valence electrons. The lowest BCUT2D eigenvalue weighted by Crippen LogP contribution is -2.44. The summed E-state index contributed by atoms with van der Waals surface area (Å²) in [6, 6.07) is 0. The topological polar surface area (TPSA) is 63.4 Å². The fourth-order valence-electron chi connectivity index (χ4n) is 1.30. The van der Waals surface area contributed by atoms with E-state index in [1.807, 2.05) is 0 Å². The third-order valence-corrected chi connectivity index (χ3v) is 2.00. The zero-order valence-corrected chi connectivity index (χ0v) is 6.54. The monoisotopic (exact) mass is 156 g/mol. The Hall–Kier alpha value is -1.06. The highest BCUT2D eigenvalue weighted by Crippen LogP contribution is 2.15. The van der Waals surface area contributed by atoms with Crippen molar-refractivity contribution in [2.45, 2.75) is 12.8 Å². The molecule has 0 saturated carbocycles. The first-order chi connectivity index (χ1) is 5.13. The van der Waals surface area contributed by atoms with Crippen LogP contribution in [0.2, 0.25) is 0 Å². The molecule has 0 aliphatic carbocycles. The van der Waals surface area contributed by atoms with Gasteiger partial charge in [0.25, 0.3) is 0 Å². The average molecular weight is 156 g/mol. The smallest absolute Gasteiger partial charge is 0.234 e. The number of rotatable bonds is 1. The molecule has 11 heavy (non-hydrogen) atoms. The van der Waals surface area contributed by atoms with Crippen LogP contribution in [0.5, 0.6) is 0 Å². The minimum absolute atomic E-state index is 0.135. The van der Waals surface area contributed by atoms with Crippen molar-refractivity contribution in [2.24, 2.45) is 11.7 Å². The Balaban J connectivity index is 2.66. The van der Waals surface area contributed by atoms with Crippen molar-refractivity contribution in [3.8, 4) is 0 Å². The second kappa shape index (κ2) is 2.90. The van der Waals surface area contributed by atoms with E-state index in [1.54, 1.807) is 11.9 Å². The van der Waals surface area contributed by atoms with Gasteiger partial charge >= 0.3 is 0 Å². The lowest BCUT2D eigenvalue weighted by atomic mass is 9.97. The van der Waals surface area contributed by atoms with Crippen LogP contribution >= 0.6 is 0 Å². The number of nitrogens with zero attached hydrogens (tertiary/aromatic N) is 1. The molecule has 1 aliphatic rings. The summed E-state index contributed by atoms with van der Waals surface area (Å²) < 4.78 is 0. The molecule has 0 aromatic carbocycles. The molecule has 1 fully saturated rings. The SMILES string of the molecule is CN1CCC[C@H](C(N)=O)C1=O. The predicted molar refractivity (Wildman–Crippen MR) is 39.6 cm³/mol. The summed E-state index contributed by atoms with van der Waals surface area (Å²) in [5.41, 5.74) is 5.03. The molecule has 1 heterocycles. The van der Waals surface area contributed by atoms with Gasteiger partial charge in [-0.15, -0.1) is 0 Å². The average Bonchev–Trinajstić information content (AvgIpc) is 1.94. The fraction of sp³-hybridized carbons (Fsp3) is 0.714. The van der Waals surface area contributed by atoms with Crippen LogP contribution in [0.15, 0.2) is 0 Å². The van der Waals surface area contributed by atoms with Crippen LogP contribution in [-0.4, -0.2) is 30.3 Å². The van der Waals surface area contributed by atoms with E-state index in [-0.39, 0.29) is 5.91 Å². The van der Waals surface area contributed by atoms with E-state index in [1.165, 1.54) is 0 Å². The first-order valence-electron chi connectivity index (χ1n) is 3.67. The highest BCUT2D eigenvalue weighted by atomic mass is 16.2. The Kier molecular flexibility index (Phi) is 2.12. The predicted octanol–water partition coefficient (Wildman–Crippen LogP) is -0.660. The van der Waals surface area contributed by atoms with Gasteiger partial charge in [0.1, 0.15) is 5.92 Å². The molecule has 0 radical (unpaired) electrons. The van der Waals surface area contributed by atoms with E-state index >= 15 is 0 Å². The van der Waals surface area contributed by atoms with Crippen molar-refractivity contribution < 1.29 is 9.59 Å². The van der Waals surface area contributed by atoms with Crippen LogP contribution in [0.3, 0.4) is 0 Å². The second-order valence-electron chi connectivity index (χ2n) is 2.86. The molecular formula is C7H12N2O2. The largest absolute Gasteiger partial charge is 0.369 e. The van der Waals surface area contributed by atoms with Crippen molar-refractivity contribution in [3.05, 3.63) is 0 Å². The number of carbonyl (C=O) groups is 2. The zero-order valence-electron chi connectivity index (χ0n) is 6.54. The summed E-state index contributed by atoms with van der Waals surface area (Å²) in [7, 11) is 1.69. The normalized spacial score (nSPS) is 25.4. The van der Waals surface area contributed by atoms with Crippen molar-refractivity contribution in [1.82, 2.24) is 4.90 Å². The Bertz CT molecular complexity index is 191. The highest BCUT2D eigenvalue weighted by Gasteiger charge is 2.30. The standard InChI is InChI=1S/C7H12N2O2/c1-9-4-2-3-5(6(8)10)7(9)11/h5H,2-4H2,1H3,(H2,8,10)/t5-/m1/s1. The van der Waals surface area contributed by atoms with Gasteiger partial charge < -0.3 is 10.6 Å². The van der Waals surface area contributed by atoms with E-state index in [0.29, 0.717) is 6.42 Å². The molecule has 1 saturated heterocycles. The zero-order chi connectivity index (χ0) is 8.43. The summed E-state index contributed by atoms with van der Waals surface area (Å²) >= 11 is 0. The van der Waals surface area contributed by atoms with Gasteiger partial charge in [-0.2, -0.15) is 0 Å². The van der Waals surface area contributed by atoms with Crippen LogP contribution in [0.1, 0.15) is 12.8 Å². The van der Waals surface area contributed by atoms with Crippen LogP contribution < -0.4 is 5.73 Å². The number of piperidine rings is 1. The number of amides is 2. The molecule has 0 spiro atoms. The summed E-state index contributed by atoms with van der Waals surface area (Å²) in [6.45, 7) is 0.739. The highest BCUT2D eigenvalue weighted by molar-refractivity contribution is 5.99. The van der Waals surface area contributed by atoms with E-state index < -0.39 is 11.8 Å². The van der Waals surface area contributed by atoms with E-state index in [4.69, 9.17) is 5.73 Å². The van der Waals surface area contributed by atoms with Gasteiger partial charge in [-0.1, -0.05) is 0 Å².